The van der Waals surface area contributed by atoms with Gasteiger partial charge in [0, 0.05) is 18.7 Å². The van der Waals surface area contributed by atoms with Crippen molar-refractivity contribution in [2.45, 2.75) is 0 Å². The Bertz CT molecular complexity index is 466. The van der Waals surface area contributed by atoms with Crippen molar-refractivity contribution >= 4 is 35.0 Å². The maximum atomic E-state index is 11.7. The highest BCUT2D eigenvalue weighted by molar-refractivity contribution is 6.42. The van der Waals surface area contributed by atoms with Gasteiger partial charge in [0.1, 0.15) is 0 Å². The summed E-state index contributed by atoms with van der Waals surface area (Å²) in [5.41, 5.74) is 0.359. The lowest BCUT2D eigenvalue weighted by atomic mass is 10.2. The number of halogens is 2. The lowest BCUT2D eigenvalue weighted by molar-refractivity contribution is -0.120. The Morgan fingerprint density at radius 2 is 1.84 bits per heavy atom. The smallest absolute Gasteiger partial charge is 0.251 e. The van der Waals surface area contributed by atoms with Gasteiger partial charge < -0.3 is 16.0 Å². The van der Waals surface area contributed by atoms with Gasteiger partial charge in [-0.1, -0.05) is 23.2 Å². The molecule has 0 atom stereocenters. The molecule has 0 spiro atoms. The maximum absolute atomic E-state index is 11.7. The van der Waals surface area contributed by atoms with Gasteiger partial charge >= 0.3 is 0 Å². The minimum Gasteiger partial charge on any atom is -0.353 e. The van der Waals surface area contributed by atoms with Gasteiger partial charge in [0.2, 0.25) is 5.91 Å². The Kier molecular flexibility index (Phi) is 6.62. The molecule has 0 aliphatic rings. The van der Waals surface area contributed by atoms with Gasteiger partial charge in [0.05, 0.1) is 16.6 Å². The summed E-state index contributed by atoms with van der Waals surface area (Å²) < 4.78 is 0. The first kappa shape index (κ1) is 15.8. The fourth-order valence-electron chi connectivity index (χ4n) is 1.29. The third kappa shape index (κ3) is 5.46. The minimum absolute atomic E-state index is 0.0806. The van der Waals surface area contributed by atoms with E-state index in [4.69, 9.17) is 23.2 Å². The molecule has 104 valence electrons. The Hall–Kier alpha value is -1.30. The summed E-state index contributed by atoms with van der Waals surface area (Å²) in [6.07, 6.45) is 0. The third-order valence-corrected chi connectivity index (χ3v) is 3.03. The van der Waals surface area contributed by atoms with E-state index in [-0.39, 0.29) is 18.4 Å². The monoisotopic (exact) mass is 303 g/mol. The van der Waals surface area contributed by atoms with E-state index in [0.29, 0.717) is 28.7 Å². The number of hydrogen-bond donors (Lipinski definition) is 3. The molecule has 0 heterocycles. The second kappa shape index (κ2) is 7.99. The van der Waals surface area contributed by atoms with Crippen LogP contribution in [0, 0.1) is 0 Å². The lowest BCUT2D eigenvalue weighted by Gasteiger charge is -2.07. The number of benzene rings is 1. The number of likely N-dealkylation sites (N-methyl/N-ethyl adjacent to an activating group) is 1. The molecule has 2 amide bonds. The SMILES string of the molecule is CNCCNC(=O)CNC(=O)c1ccc(Cl)c(Cl)c1. The summed E-state index contributed by atoms with van der Waals surface area (Å²) in [4.78, 5) is 23.1. The van der Waals surface area contributed by atoms with Crippen LogP contribution in [0.3, 0.4) is 0 Å². The number of nitrogens with one attached hydrogen (secondary N) is 3. The number of carbonyl (C=O) groups is 2. The Morgan fingerprint density at radius 3 is 2.47 bits per heavy atom. The van der Waals surface area contributed by atoms with E-state index in [0.717, 1.165) is 0 Å². The van der Waals surface area contributed by atoms with Crippen molar-refractivity contribution in [2.24, 2.45) is 0 Å². The fraction of sp³-hybridized carbons (Fsp3) is 0.333. The molecule has 0 aliphatic carbocycles. The standard InChI is InChI=1S/C12H15Cl2N3O2/c1-15-4-5-16-11(18)7-17-12(19)8-2-3-9(13)10(14)6-8/h2-3,6,15H,4-5,7H2,1H3,(H,16,18)(H,17,19). The number of amides is 2. The van der Waals surface area contributed by atoms with Crippen LogP contribution in [-0.4, -0.2) is 38.5 Å². The predicted molar refractivity (Wildman–Crippen MR) is 75.7 cm³/mol. The van der Waals surface area contributed by atoms with Gasteiger partial charge in [0.25, 0.3) is 5.91 Å². The Balaban J connectivity index is 2.42. The first-order chi connectivity index (χ1) is 9.04. The van der Waals surface area contributed by atoms with Crippen LogP contribution in [-0.2, 0) is 4.79 Å². The van der Waals surface area contributed by atoms with Crippen molar-refractivity contribution in [2.75, 3.05) is 26.7 Å². The van der Waals surface area contributed by atoms with Crippen LogP contribution in [0.5, 0.6) is 0 Å². The number of rotatable bonds is 6. The summed E-state index contributed by atoms with van der Waals surface area (Å²) in [5.74, 6) is -0.619. The third-order valence-electron chi connectivity index (χ3n) is 2.29. The molecule has 0 unspecified atom stereocenters. The molecule has 0 radical (unpaired) electrons. The zero-order valence-electron chi connectivity index (χ0n) is 10.4. The summed E-state index contributed by atoms with van der Waals surface area (Å²) in [5, 5.41) is 8.72. The normalized spacial score (nSPS) is 10.1. The van der Waals surface area contributed by atoms with Crippen molar-refractivity contribution < 1.29 is 9.59 Å². The minimum atomic E-state index is -0.373. The zero-order chi connectivity index (χ0) is 14.3. The molecule has 1 aromatic rings. The molecule has 5 nitrogen and oxygen atoms in total. The van der Waals surface area contributed by atoms with E-state index in [1.54, 1.807) is 13.1 Å². The molecule has 0 saturated heterocycles. The molecule has 3 N–H and O–H groups in total. The van der Waals surface area contributed by atoms with Crippen molar-refractivity contribution in [1.82, 2.24) is 16.0 Å². The predicted octanol–water partition coefficient (Wildman–Crippen LogP) is 1.06. The molecule has 0 bridgehead atoms. The second-order valence-electron chi connectivity index (χ2n) is 3.77. The molecule has 0 saturated carbocycles. The number of carbonyl (C=O) groups excluding carboxylic acids is 2. The van der Waals surface area contributed by atoms with Crippen LogP contribution in [0.2, 0.25) is 10.0 Å². The summed E-state index contributed by atoms with van der Waals surface area (Å²) in [7, 11) is 1.79. The van der Waals surface area contributed by atoms with E-state index in [1.165, 1.54) is 12.1 Å². The van der Waals surface area contributed by atoms with Gasteiger partial charge in [-0.2, -0.15) is 0 Å². The highest BCUT2D eigenvalue weighted by Gasteiger charge is 2.09. The van der Waals surface area contributed by atoms with Gasteiger partial charge in [-0.15, -0.1) is 0 Å². The zero-order valence-corrected chi connectivity index (χ0v) is 11.9. The van der Waals surface area contributed by atoms with Gasteiger partial charge in [0.15, 0.2) is 0 Å². The average molecular weight is 304 g/mol. The fourth-order valence-corrected chi connectivity index (χ4v) is 1.59. The Morgan fingerprint density at radius 1 is 1.11 bits per heavy atom. The van der Waals surface area contributed by atoms with Crippen LogP contribution in [0.4, 0.5) is 0 Å². The summed E-state index contributed by atoms with van der Waals surface area (Å²) >= 11 is 11.6. The molecule has 7 heteroatoms. The molecule has 0 aliphatic heterocycles. The Labute approximate surface area is 121 Å². The van der Waals surface area contributed by atoms with Crippen LogP contribution >= 0.6 is 23.2 Å². The molecule has 1 rings (SSSR count). The van der Waals surface area contributed by atoms with Crippen molar-refractivity contribution in [3.05, 3.63) is 33.8 Å². The molecule has 0 aromatic heterocycles. The van der Waals surface area contributed by atoms with Gasteiger partial charge in [-0.05, 0) is 25.2 Å². The summed E-state index contributed by atoms with van der Waals surface area (Å²) in [6, 6.07) is 4.53. The van der Waals surface area contributed by atoms with Gasteiger partial charge in [-0.25, -0.2) is 0 Å². The van der Waals surface area contributed by atoms with E-state index < -0.39 is 0 Å². The van der Waals surface area contributed by atoms with E-state index in [9.17, 15) is 9.59 Å². The van der Waals surface area contributed by atoms with Crippen molar-refractivity contribution in [3.8, 4) is 0 Å². The molecular weight excluding hydrogens is 289 g/mol. The van der Waals surface area contributed by atoms with Crippen LogP contribution in [0.15, 0.2) is 18.2 Å². The highest BCUT2D eigenvalue weighted by atomic mass is 35.5. The first-order valence-corrected chi connectivity index (χ1v) is 6.44. The molecule has 19 heavy (non-hydrogen) atoms. The first-order valence-electron chi connectivity index (χ1n) is 5.69. The van der Waals surface area contributed by atoms with Crippen LogP contribution in [0.1, 0.15) is 10.4 Å². The molecule has 1 aromatic carbocycles. The average Bonchev–Trinajstić information content (AvgIpc) is 2.39. The lowest BCUT2D eigenvalue weighted by Crippen LogP contribution is -2.39. The second-order valence-corrected chi connectivity index (χ2v) is 4.58. The number of hydrogen-bond acceptors (Lipinski definition) is 3. The molecule has 0 fully saturated rings. The highest BCUT2D eigenvalue weighted by Crippen LogP contribution is 2.22. The maximum Gasteiger partial charge on any atom is 0.251 e. The quantitative estimate of drug-likeness (QED) is 0.688. The van der Waals surface area contributed by atoms with Crippen molar-refractivity contribution in [3.63, 3.8) is 0 Å². The summed E-state index contributed by atoms with van der Waals surface area (Å²) in [6.45, 7) is 1.10. The largest absolute Gasteiger partial charge is 0.353 e. The van der Waals surface area contributed by atoms with Crippen LogP contribution in [0.25, 0.3) is 0 Å². The van der Waals surface area contributed by atoms with Gasteiger partial charge in [-0.3, -0.25) is 9.59 Å². The topological polar surface area (TPSA) is 70.2 Å². The molecular formula is C12H15Cl2N3O2. The van der Waals surface area contributed by atoms with E-state index in [2.05, 4.69) is 16.0 Å². The van der Waals surface area contributed by atoms with E-state index in [1.807, 2.05) is 0 Å². The van der Waals surface area contributed by atoms with Crippen LogP contribution < -0.4 is 16.0 Å². The van der Waals surface area contributed by atoms with E-state index >= 15 is 0 Å². The van der Waals surface area contributed by atoms with Crippen molar-refractivity contribution in [1.29, 1.82) is 0 Å².